The predicted octanol–water partition coefficient (Wildman–Crippen LogP) is 1.75. The van der Waals surface area contributed by atoms with E-state index in [4.69, 9.17) is 0 Å². The standard InChI is InChI=1S/C10H22O3S2/c1-9(2)14(11)7-5-6-8-15(12,13)10(3)4/h9-10H,5-8H2,1-4H3. The van der Waals surface area contributed by atoms with Crippen molar-refractivity contribution in [2.75, 3.05) is 11.5 Å². The van der Waals surface area contributed by atoms with Crippen LogP contribution in [0.1, 0.15) is 40.5 Å². The molecule has 1 atom stereocenters. The van der Waals surface area contributed by atoms with Crippen LogP contribution in [0.4, 0.5) is 0 Å². The smallest absolute Gasteiger partial charge is 0.152 e. The first-order valence-electron chi connectivity index (χ1n) is 5.36. The summed E-state index contributed by atoms with van der Waals surface area (Å²) in [6, 6.07) is 0. The third kappa shape index (κ3) is 6.43. The van der Waals surface area contributed by atoms with E-state index in [0.717, 1.165) is 6.42 Å². The van der Waals surface area contributed by atoms with Gasteiger partial charge in [-0.3, -0.25) is 0 Å². The molecule has 0 fully saturated rings. The number of hydrogen-bond donors (Lipinski definition) is 0. The number of sulfone groups is 1. The average molecular weight is 254 g/mol. The van der Waals surface area contributed by atoms with Crippen LogP contribution in [0.2, 0.25) is 0 Å². The average Bonchev–Trinajstić information content (AvgIpc) is 2.11. The van der Waals surface area contributed by atoms with Gasteiger partial charge >= 0.3 is 0 Å². The minimum Gasteiger partial charge on any atom is -0.616 e. The highest BCUT2D eigenvalue weighted by Crippen LogP contribution is 2.08. The summed E-state index contributed by atoms with van der Waals surface area (Å²) in [5, 5.41) is -0.125. The lowest BCUT2D eigenvalue weighted by atomic mass is 10.4. The monoisotopic (exact) mass is 254 g/mol. The molecule has 0 bridgehead atoms. The summed E-state index contributed by atoms with van der Waals surface area (Å²) >= 11 is -0.806. The first kappa shape index (κ1) is 15.3. The van der Waals surface area contributed by atoms with Crippen molar-refractivity contribution in [3.63, 3.8) is 0 Å². The van der Waals surface area contributed by atoms with E-state index in [2.05, 4.69) is 0 Å². The van der Waals surface area contributed by atoms with Gasteiger partial charge in [0.15, 0.2) is 9.84 Å². The summed E-state index contributed by atoms with van der Waals surface area (Å²) in [4.78, 5) is 0. The summed E-state index contributed by atoms with van der Waals surface area (Å²) in [6.07, 6.45) is 1.36. The summed E-state index contributed by atoms with van der Waals surface area (Å²) in [5.74, 6) is 0.839. The van der Waals surface area contributed by atoms with Crippen LogP contribution in [0.5, 0.6) is 0 Å². The Hall–Kier alpha value is 0.260. The maximum Gasteiger partial charge on any atom is 0.152 e. The molecule has 5 heteroatoms. The van der Waals surface area contributed by atoms with Gasteiger partial charge in [0.2, 0.25) is 0 Å². The van der Waals surface area contributed by atoms with Crippen molar-refractivity contribution in [3.8, 4) is 0 Å². The molecule has 0 spiro atoms. The Kier molecular flexibility index (Phi) is 6.88. The maximum atomic E-state index is 11.4. The molecule has 0 amide bonds. The van der Waals surface area contributed by atoms with E-state index in [1.54, 1.807) is 13.8 Å². The molecule has 0 aromatic carbocycles. The largest absolute Gasteiger partial charge is 0.616 e. The number of hydrogen-bond acceptors (Lipinski definition) is 3. The van der Waals surface area contributed by atoms with Crippen LogP contribution in [-0.2, 0) is 21.0 Å². The minimum absolute atomic E-state index is 0.173. The van der Waals surface area contributed by atoms with Gasteiger partial charge in [-0.05, 0) is 40.5 Å². The van der Waals surface area contributed by atoms with E-state index in [0.29, 0.717) is 12.2 Å². The van der Waals surface area contributed by atoms with E-state index in [9.17, 15) is 13.0 Å². The molecule has 0 N–H and O–H groups in total. The van der Waals surface area contributed by atoms with E-state index in [-0.39, 0.29) is 16.3 Å². The van der Waals surface area contributed by atoms with E-state index < -0.39 is 21.0 Å². The van der Waals surface area contributed by atoms with Gasteiger partial charge in [-0.15, -0.1) is 0 Å². The highest BCUT2D eigenvalue weighted by atomic mass is 32.2. The van der Waals surface area contributed by atoms with Crippen molar-refractivity contribution >= 4 is 21.0 Å². The molecule has 0 saturated carbocycles. The lowest BCUT2D eigenvalue weighted by Gasteiger charge is -2.14. The second kappa shape index (κ2) is 6.76. The summed E-state index contributed by atoms with van der Waals surface area (Å²) in [5.41, 5.74) is 0. The van der Waals surface area contributed by atoms with Crippen molar-refractivity contribution in [1.82, 2.24) is 0 Å². The number of rotatable bonds is 7. The Balaban J connectivity index is 3.73. The second-order valence-corrected chi connectivity index (χ2v) is 9.05. The minimum atomic E-state index is -2.92. The van der Waals surface area contributed by atoms with E-state index in [1.165, 1.54) is 0 Å². The molecule has 0 aliphatic heterocycles. The zero-order chi connectivity index (χ0) is 12.1. The van der Waals surface area contributed by atoms with Crippen LogP contribution >= 0.6 is 0 Å². The molecule has 3 nitrogen and oxygen atoms in total. The third-order valence-electron chi connectivity index (χ3n) is 2.27. The Morgan fingerprint density at radius 1 is 1.13 bits per heavy atom. The molecule has 0 aliphatic rings. The van der Waals surface area contributed by atoms with Crippen molar-refractivity contribution in [3.05, 3.63) is 0 Å². The topological polar surface area (TPSA) is 57.2 Å². The maximum absolute atomic E-state index is 11.4. The lowest BCUT2D eigenvalue weighted by Crippen LogP contribution is -2.20. The predicted molar refractivity (Wildman–Crippen MR) is 66.3 cm³/mol. The SMILES string of the molecule is CC(C)[S+]([O-])CCCCS(=O)(=O)C(C)C. The summed E-state index contributed by atoms with van der Waals surface area (Å²) in [6.45, 7) is 7.23. The third-order valence-corrected chi connectivity index (χ3v) is 6.31. The Bertz CT molecular complexity index is 258. The molecular formula is C10H22O3S2. The van der Waals surface area contributed by atoms with Crippen molar-refractivity contribution in [2.45, 2.75) is 51.0 Å². The molecule has 0 saturated heterocycles. The Morgan fingerprint density at radius 2 is 1.67 bits per heavy atom. The van der Waals surface area contributed by atoms with E-state index >= 15 is 0 Å². The van der Waals surface area contributed by atoms with Crippen LogP contribution in [0.25, 0.3) is 0 Å². The second-order valence-electron chi connectivity index (χ2n) is 4.26. The van der Waals surface area contributed by atoms with Gasteiger partial charge in [0.25, 0.3) is 0 Å². The Morgan fingerprint density at radius 3 is 2.07 bits per heavy atom. The van der Waals surface area contributed by atoms with Crippen LogP contribution in [-0.4, -0.2) is 35.0 Å². The first-order chi connectivity index (χ1) is 6.77. The van der Waals surface area contributed by atoms with Crippen LogP contribution in [0, 0.1) is 0 Å². The molecule has 0 rings (SSSR count). The van der Waals surface area contributed by atoms with Gasteiger partial charge in [-0.25, -0.2) is 8.42 Å². The van der Waals surface area contributed by atoms with Crippen LogP contribution in [0.15, 0.2) is 0 Å². The van der Waals surface area contributed by atoms with Gasteiger partial charge in [-0.2, -0.15) is 0 Å². The van der Waals surface area contributed by atoms with Gasteiger partial charge < -0.3 is 4.55 Å². The van der Waals surface area contributed by atoms with Crippen LogP contribution in [0.3, 0.4) is 0 Å². The van der Waals surface area contributed by atoms with Crippen molar-refractivity contribution in [2.24, 2.45) is 0 Å². The highest BCUT2D eigenvalue weighted by molar-refractivity contribution is 7.92. The molecule has 0 aliphatic carbocycles. The molecule has 0 radical (unpaired) electrons. The first-order valence-corrected chi connectivity index (χ1v) is 8.46. The Labute approximate surface area is 96.7 Å². The molecular weight excluding hydrogens is 232 g/mol. The van der Waals surface area contributed by atoms with Gasteiger partial charge in [0.1, 0.15) is 11.0 Å². The zero-order valence-corrected chi connectivity index (χ0v) is 11.7. The molecule has 1 unspecified atom stereocenters. The van der Waals surface area contributed by atoms with Crippen molar-refractivity contribution in [1.29, 1.82) is 0 Å². The fraction of sp³-hybridized carbons (Fsp3) is 1.00. The van der Waals surface area contributed by atoms with Gasteiger partial charge in [0.05, 0.1) is 11.0 Å². The normalized spacial score (nSPS) is 14.9. The highest BCUT2D eigenvalue weighted by Gasteiger charge is 2.16. The molecule has 92 valence electrons. The zero-order valence-electron chi connectivity index (χ0n) is 10.0. The molecule has 0 heterocycles. The summed E-state index contributed by atoms with van der Waals surface area (Å²) < 4.78 is 34.2. The van der Waals surface area contributed by atoms with E-state index in [1.807, 2.05) is 13.8 Å². The fourth-order valence-corrected chi connectivity index (χ4v) is 3.06. The van der Waals surface area contributed by atoms with Crippen LogP contribution < -0.4 is 0 Å². The fourth-order valence-electron chi connectivity index (χ4n) is 1.02. The van der Waals surface area contributed by atoms with Gasteiger partial charge in [0, 0.05) is 0 Å². The quantitative estimate of drug-likeness (QED) is 0.514. The summed E-state index contributed by atoms with van der Waals surface area (Å²) in [7, 11) is -2.92. The van der Waals surface area contributed by atoms with Crippen molar-refractivity contribution < 1.29 is 13.0 Å². The molecule has 15 heavy (non-hydrogen) atoms. The molecule has 0 aromatic heterocycles. The number of unbranched alkanes of at least 4 members (excludes halogenated alkanes) is 1. The van der Waals surface area contributed by atoms with Gasteiger partial charge in [-0.1, -0.05) is 11.2 Å². The lowest BCUT2D eigenvalue weighted by molar-refractivity contribution is 0.576. The molecule has 0 aromatic rings.